The van der Waals surface area contributed by atoms with Gasteiger partial charge >= 0.3 is 5.97 Å². The highest BCUT2D eigenvalue weighted by Gasteiger charge is 2.46. The second-order valence-corrected chi connectivity index (χ2v) is 6.35. The maximum absolute atomic E-state index is 12.4. The van der Waals surface area contributed by atoms with Crippen LogP contribution in [0, 0.1) is 11.8 Å². The number of carbonyl (C=O) groups is 4. The van der Waals surface area contributed by atoms with Crippen LogP contribution in [0.4, 0.5) is 5.69 Å². The molecule has 1 heterocycles. The fourth-order valence-electron chi connectivity index (χ4n) is 3.37. The summed E-state index contributed by atoms with van der Waals surface area (Å²) < 4.78 is 4.64. The molecule has 2 atom stereocenters. The van der Waals surface area contributed by atoms with E-state index in [1.807, 2.05) is 12.2 Å². The number of benzene rings is 1. The predicted molar refractivity (Wildman–Crippen MR) is 93.1 cm³/mol. The van der Waals surface area contributed by atoms with Gasteiger partial charge in [-0.3, -0.25) is 19.3 Å². The highest BCUT2D eigenvalue weighted by atomic mass is 16.5. The van der Waals surface area contributed by atoms with Crippen LogP contribution < -0.4 is 5.32 Å². The molecule has 1 aliphatic carbocycles. The number of nitrogens with zero attached hydrogens (tertiary/aromatic N) is 1. The van der Waals surface area contributed by atoms with E-state index in [2.05, 4.69) is 10.1 Å². The second-order valence-electron chi connectivity index (χ2n) is 6.35. The van der Waals surface area contributed by atoms with Crippen molar-refractivity contribution in [2.24, 2.45) is 11.8 Å². The van der Waals surface area contributed by atoms with Gasteiger partial charge in [-0.05, 0) is 31.0 Å². The Balaban J connectivity index is 1.57. The summed E-state index contributed by atoms with van der Waals surface area (Å²) in [6, 6.07) is 6.37. The first kappa shape index (κ1) is 17.8. The van der Waals surface area contributed by atoms with E-state index in [0.29, 0.717) is 24.1 Å². The van der Waals surface area contributed by atoms with Crippen LogP contribution in [0.15, 0.2) is 36.4 Å². The van der Waals surface area contributed by atoms with Gasteiger partial charge in [0.1, 0.15) is 0 Å². The number of rotatable bonds is 5. The lowest BCUT2D eigenvalue weighted by Crippen LogP contribution is -2.34. The van der Waals surface area contributed by atoms with Crippen molar-refractivity contribution in [3.05, 3.63) is 42.0 Å². The van der Waals surface area contributed by atoms with E-state index in [0.717, 1.165) is 0 Å². The summed E-state index contributed by atoms with van der Waals surface area (Å²) in [5.41, 5.74) is 0.779. The molecular formula is C19H20N2O5. The van der Waals surface area contributed by atoms with Crippen LogP contribution in [0.1, 0.15) is 29.6 Å². The molecule has 0 aromatic heterocycles. The lowest BCUT2D eigenvalue weighted by molar-refractivity contribution is -0.140. The van der Waals surface area contributed by atoms with Crippen molar-refractivity contribution in [2.45, 2.75) is 19.3 Å². The molecule has 3 rings (SSSR count). The zero-order valence-corrected chi connectivity index (χ0v) is 14.4. The third-order valence-corrected chi connectivity index (χ3v) is 4.73. The maximum atomic E-state index is 12.4. The zero-order valence-electron chi connectivity index (χ0n) is 14.4. The highest BCUT2D eigenvalue weighted by Crippen LogP contribution is 2.35. The normalized spacial score (nSPS) is 21.5. The van der Waals surface area contributed by atoms with E-state index in [1.54, 1.807) is 18.2 Å². The second kappa shape index (κ2) is 7.51. The number of fused-ring (bicyclic) bond motifs is 1. The van der Waals surface area contributed by atoms with E-state index in [4.69, 9.17) is 0 Å². The molecule has 3 amide bonds. The molecule has 7 heteroatoms. The average molecular weight is 356 g/mol. The third-order valence-electron chi connectivity index (χ3n) is 4.73. The van der Waals surface area contributed by atoms with E-state index >= 15 is 0 Å². The fraction of sp³-hybridized carbons (Fsp3) is 0.368. The van der Waals surface area contributed by atoms with Crippen molar-refractivity contribution < 1.29 is 23.9 Å². The van der Waals surface area contributed by atoms with Gasteiger partial charge in [0.05, 0.1) is 24.5 Å². The van der Waals surface area contributed by atoms with E-state index in [1.165, 1.54) is 18.1 Å². The van der Waals surface area contributed by atoms with Gasteiger partial charge in [-0.2, -0.15) is 0 Å². The van der Waals surface area contributed by atoms with E-state index in [-0.39, 0.29) is 42.5 Å². The Morgan fingerprint density at radius 1 is 1.15 bits per heavy atom. The molecule has 7 nitrogen and oxygen atoms in total. The molecule has 1 aromatic rings. The minimum absolute atomic E-state index is 0.00675. The van der Waals surface area contributed by atoms with Crippen LogP contribution in [-0.4, -0.2) is 42.2 Å². The Kier molecular flexibility index (Phi) is 5.16. The van der Waals surface area contributed by atoms with Gasteiger partial charge in [-0.1, -0.05) is 18.2 Å². The number of anilines is 1. The highest BCUT2D eigenvalue weighted by molar-refractivity contribution is 6.06. The third kappa shape index (κ3) is 3.51. The number of imide groups is 1. The molecule has 0 radical (unpaired) electrons. The SMILES string of the molecule is COC(=O)c1cccc(NC(=O)CCN2C(=O)[C@H]3CC=CC[C@@H]3C2=O)c1. The van der Waals surface area contributed by atoms with Crippen LogP contribution in [0.3, 0.4) is 0 Å². The van der Waals surface area contributed by atoms with Crippen molar-refractivity contribution in [3.8, 4) is 0 Å². The molecule has 2 aliphatic rings. The summed E-state index contributed by atoms with van der Waals surface area (Å²) in [6.45, 7) is 0.0627. The van der Waals surface area contributed by atoms with Crippen molar-refractivity contribution >= 4 is 29.4 Å². The lowest BCUT2D eigenvalue weighted by atomic mass is 9.85. The number of likely N-dealkylation sites (tertiary alicyclic amines) is 1. The molecule has 1 aromatic carbocycles. The Morgan fingerprint density at radius 2 is 1.81 bits per heavy atom. The lowest BCUT2D eigenvalue weighted by Gasteiger charge is -2.14. The van der Waals surface area contributed by atoms with Gasteiger partial charge in [0, 0.05) is 18.7 Å². The van der Waals surface area contributed by atoms with E-state index in [9.17, 15) is 19.2 Å². The zero-order chi connectivity index (χ0) is 18.7. The molecule has 1 aliphatic heterocycles. The molecule has 0 unspecified atom stereocenters. The van der Waals surface area contributed by atoms with Crippen LogP contribution in [-0.2, 0) is 19.1 Å². The van der Waals surface area contributed by atoms with Crippen LogP contribution in [0.5, 0.6) is 0 Å². The number of nitrogens with one attached hydrogen (secondary N) is 1. The van der Waals surface area contributed by atoms with Crippen molar-refractivity contribution in [3.63, 3.8) is 0 Å². The minimum atomic E-state index is -0.495. The first-order chi connectivity index (χ1) is 12.5. The molecule has 0 saturated carbocycles. The minimum Gasteiger partial charge on any atom is -0.465 e. The van der Waals surface area contributed by atoms with Gasteiger partial charge in [-0.15, -0.1) is 0 Å². The Morgan fingerprint density at radius 3 is 2.42 bits per heavy atom. The Hall–Kier alpha value is -2.96. The number of esters is 1. The summed E-state index contributed by atoms with van der Waals surface area (Å²) in [5, 5.41) is 2.67. The molecule has 0 bridgehead atoms. The summed E-state index contributed by atoms with van der Waals surface area (Å²) in [7, 11) is 1.28. The number of amides is 3. The number of allylic oxidation sites excluding steroid dienone is 2. The molecule has 1 saturated heterocycles. The quantitative estimate of drug-likeness (QED) is 0.493. The maximum Gasteiger partial charge on any atom is 0.337 e. The summed E-state index contributed by atoms with van der Waals surface area (Å²) >= 11 is 0. The monoisotopic (exact) mass is 356 g/mol. The fourth-order valence-corrected chi connectivity index (χ4v) is 3.37. The molecule has 0 spiro atoms. The van der Waals surface area contributed by atoms with Crippen molar-refractivity contribution in [1.29, 1.82) is 0 Å². The summed E-state index contributed by atoms with van der Waals surface area (Å²) in [5.74, 6) is -1.78. The van der Waals surface area contributed by atoms with Gasteiger partial charge in [0.25, 0.3) is 0 Å². The molecule has 1 N–H and O–H groups in total. The van der Waals surface area contributed by atoms with Gasteiger partial charge in [0.2, 0.25) is 17.7 Å². The number of hydrogen-bond donors (Lipinski definition) is 1. The van der Waals surface area contributed by atoms with Gasteiger partial charge < -0.3 is 10.1 Å². The summed E-state index contributed by atoms with van der Waals surface area (Å²) in [6.07, 6.45) is 5.02. The number of carbonyl (C=O) groups excluding carboxylic acids is 4. The molecule has 26 heavy (non-hydrogen) atoms. The molecular weight excluding hydrogens is 336 g/mol. The van der Waals surface area contributed by atoms with Gasteiger partial charge in [0.15, 0.2) is 0 Å². The van der Waals surface area contributed by atoms with Crippen LogP contribution in [0.2, 0.25) is 0 Å². The topological polar surface area (TPSA) is 92.8 Å². The molecule has 136 valence electrons. The van der Waals surface area contributed by atoms with Crippen molar-refractivity contribution in [2.75, 3.05) is 19.0 Å². The van der Waals surface area contributed by atoms with Crippen LogP contribution in [0.25, 0.3) is 0 Å². The smallest absolute Gasteiger partial charge is 0.337 e. The first-order valence-electron chi connectivity index (χ1n) is 8.49. The largest absolute Gasteiger partial charge is 0.465 e. The van der Waals surface area contributed by atoms with E-state index < -0.39 is 5.97 Å². The standard InChI is InChI=1S/C19H20N2O5/c1-26-19(25)12-5-4-6-13(11-12)20-16(22)9-10-21-17(23)14-7-2-3-8-15(14)18(21)24/h2-6,11,14-15H,7-10H2,1H3,(H,20,22)/t14-,15-/m0/s1. The van der Waals surface area contributed by atoms with Crippen LogP contribution >= 0.6 is 0 Å². The number of hydrogen-bond acceptors (Lipinski definition) is 5. The number of ether oxygens (including phenoxy) is 1. The predicted octanol–water partition coefficient (Wildman–Crippen LogP) is 1.75. The average Bonchev–Trinajstić information content (AvgIpc) is 2.90. The first-order valence-corrected chi connectivity index (χ1v) is 8.49. The van der Waals surface area contributed by atoms with Gasteiger partial charge in [-0.25, -0.2) is 4.79 Å². The molecule has 1 fully saturated rings. The summed E-state index contributed by atoms with van der Waals surface area (Å²) in [4.78, 5) is 49.6. The Labute approximate surface area is 151 Å². The Bertz CT molecular complexity index is 760. The van der Waals surface area contributed by atoms with Crippen molar-refractivity contribution in [1.82, 2.24) is 4.90 Å². The number of methoxy groups -OCH3 is 1.